The Hall–Kier alpha value is -1.51. The van der Waals surface area contributed by atoms with Crippen molar-refractivity contribution in [2.75, 3.05) is 13.2 Å². The van der Waals surface area contributed by atoms with Gasteiger partial charge in [0.25, 0.3) is 0 Å². The maximum absolute atomic E-state index is 12.8. The smallest absolute Gasteiger partial charge is 0.421 e. The van der Waals surface area contributed by atoms with Gasteiger partial charge in [-0.05, 0) is 19.3 Å². The van der Waals surface area contributed by atoms with Crippen molar-refractivity contribution in [3.8, 4) is 5.75 Å². The van der Waals surface area contributed by atoms with Crippen molar-refractivity contribution in [3.05, 3.63) is 28.3 Å². The van der Waals surface area contributed by atoms with E-state index in [1.54, 1.807) is 0 Å². The van der Waals surface area contributed by atoms with Crippen molar-refractivity contribution in [2.45, 2.75) is 38.3 Å². The van der Waals surface area contributed by atoms with Crippen LogP contribution < -0.4 is 10.2 Å². The zero-order valence-electron chi connectivity index (χ0n) is 11.2. The quantitative estimate of drug-likeness (QED) is 0.861. The summed E-state index contributed by atoms with van der Waals surface area (Å²) in [7, 11) is 0. The van der Waals surface area contributed by atoms with Gasteiger partial charge in [0.05, 0.1) is 0 Å². The lowest BCUT2D eigenvalue weighted by Gasteiger charge is -2.22. The second-order valence-electron chi connectivity index (χ2n) is 4.58. The van der Waals surface area contributed by atoms with Crippen LogP contribution in [0.5, 0.6) is 5.75 Å². The predicted molar refractivity (Wildman–Crippen MR) is 66.0 cm³/mol. The lowest BCUT2D eigenvalue weighted by molar-refractivity contribution is -0.202. The molecule has 0 bridgehead atoms. The van der Waals surface area contributed by atoms with Gasteiger partial charge in [0, 0.05) is 12.7 Å². The Kier molecular flexibility index (Phi) is 5.27. The van der Waals surface area contributed by atoms with E-state index in [1.165, 1.54) is 0 Å². The maximum atomic E-state index is 12.8. The third-order valence-corrected chi connectivity index (χ3v) is 2.85. The summed E-state index contributed by atoms with van der Waals surface area (Å²) in [5, 5.41) is 8.39. The molecule has 0 spiro atoms. The van der Waals surface area contributed by atoms with Gasteiger partial charge in [-0.1, -0.05) is 0 Å². The van der Waals surface area contributed by atoms with Crippen LogP contribution in [0, 0.1) is 0 Å². The zero-order chi connectivity index (χ0) is 15.3. The van der Waals surface area contributed by atoms with Crippen molar-refractivity contribution in [2.24, 2.45) is 0 Å². The number of hydrogen-bond acceptors (Lipinski definition) is 6. The predicted octanol–water partition coefficient (Wildman–Crippen LogP) is 1.65. The van der Waals surface area contributed by atoms with E-state index in [2.05, 4.69) is 4.74 Å². The summed E-state index contributed by atoms with van der Waals surface area (Å²) < 4.78 is 45.5. The van der Waals surface area contributed by atoms with Gasteiger partial charge in [0.1, 0.15) is 25.2 Å². The average molecular weight is 306 g/mol. The van der Waals surface area contributed by atoms with E-state index in [0.717, 1.165) is 31.6 Å². The molecule has 1 N–H and O–H groups in total. The van der Waals surface area contributed by atoms with Crippen molar-refractivity contribution >= 4 is 0 Å². The zero-order valence-corrected chi connectivity index (χ0v) is 11.2. The summed E-state index contributed by atoms with van der Waals surface area (Å²) in [6, 6.07) is 1.01. The summed E-state index contributed by atoms with van der Waals surface area (Å²) in [5.74, 6) is -0.499. The molecule has 8 heteroatoms. The van der Waals surface area contributed by atoms with Crippen LogP contribution in [0.4, 0.5) is 8.78 Å². The van der Waals surface area contributed by atoms with Gasteiger partial charge in [-0.25, -0.2) is 0 Å². The molecule has 0 amide bonds. The summed E-state index contributed by atoms with van der Waals surface area (Å²) in [6.07, 6.45) is -0.667. The standard InChI is InChI=1S/C13H16F2O6/c14-13(15,8-16)21-11-7-19-9(5-10(11)17)6-20-12-3-1-2-4-18-12/h5,7,12,16H,1-4,6,8H2. The van der Waals surface area contributed by atoms with E-state index in [9.17, 15) is 13.6 Å². The normalized spacial score (nSPS) is 19.5. The Labute approximate surface area is 119 Å². The third-order valence-electron chi connectivity index (χ3n) is 2.85. The molecular formula is C13H16F2O6. The van der Waals surface area contributed by atoms with Gasteiger partial charge in [-0.3, -0.25) is 4.79 Å². The van der Waals surface area contributed by atoms with Gasteiger partial charge >= 0.3 is 6.11 Å². The summed E-state index contributed by atoms with van der Waals surface area (Å²) in [6.45, 7) is -0.912. The first-order valence-corrected chi connectivity index (χ1v) is 6.53. The average Bonchev–Trinajstić information content (AvgIpc) is 2.49. The molecule has 118 valence electrons. The number of alkyl halides is 2. The molecule has 1 saturated heterocycles. The molecule has 1 aliphatic rings. The van der Waals surface area contributed by atoms with Crippen LogP contribution in [0.25, 0.3) is 0 Å². The highest BCUT2D eigenvalue weighted by atomic mass is 19.3. The van der Waals surface area contributed by atoms with E-state index in [1.807, 2.05) is 0 Å². The van der Waals surface area contributed by atoms with Crippen molar-refractivity contribution < 1.29 is 32.5 Å². The Morgan fingerprint density at radius 3 is 2.86 bits per heavy atom. The minimum Gasteiger partial charge on any atom is -0.463 e. The number of rotatable bonds is 6. The SMILES string of the molecule is O=c1cc(COC2CCCCO2)occ1OC(F)(F)CO. The number of aliphatic hydroxyl groups is 1. The molecule has 1 unspecified atom stereocenters. The summed E-state index contributed by atoms with van der Waals surface area (Å²) in [5.41, 5.74) is -0.780. The van der Waals surface area contributed by atoms with E-state index in [-0.39, 0.29) is 18.7 Å². The van der Waals surface area contributed by atoms with Crippen LogP contribution in [-0.2, 0) is 16.1 Å². The van der Waals surface area contributed by atoms with E-state index in [0.29, 0.717) is 6.61 Å². The highest BCUT2D eigenvalue weighted by Gasteiger charge is 2.31. The van der Waals surface area contributed by atoms with Crippen LogP contribution in [0.15, 0.2) is 21.5 Å². The van der Waals surface area contributed by atoms with Gasteiger partial charge < -0.3 is 23.7 Å². The highest BCUT2D eigenvalue weighted by molar-refractivity contribution is 5.17. The van der Waals surface area contributed by atoms with Gasteiger partial charge in [0.15, 0.2) is 6.29 Å². The molecule has 0 aromatic carbocycles. The number of aliphatic hydroxyl groups excluding tert-OH is 1. The van der Waals surface area contributed by atoms with Crippen molar-refractivity contribution in [1.82, 2.24) is 0 Å². The second kappa shape index (κ2) is 6.97. The number of ether oxygens (including phenoxy) is 3. The molecule has 2 heterocycles. The molecule has 1 aliphatic heterocycles. The molecule has 1 aromatic heterocycles. The molecule has 0 radical (unpaired) electrons. The molecule has 6 nitrogen and oxygen atoms in total. The lowest BCUT2D eigenvalue weighted by atomic mass is 10.2. The monoisotopic (exact) mass is 306 g/mol. The highest BCUT2D eigenvalue weighted by Crippen LogP contribution is 2.19. The minimum absolute atomic E-state index is 0.00339. The van der Waals surface area contributed by atoms with Crippen LogP contribution in [0.2, 0.25) is 0 Å². The fourth-order valence-corrected chi connectivity index (χ4v) is 1.80. The fraction of sp³-hybridized carbons (Fsp3) is 0.615. The van der Waals surface area contributed by atoms with E-state index < -0.39 is 23.9 Å². The minimum atomic E-state index is -3.83. The van der Waals surface area contributed by atoms with Gasteiger partial charge in [0.2, 0.25) is 11.2 Å². The molecule has 21 heavy (non-hydrogen) atoms. The van der Waals surface area contributed by atoms with E-state index in [4.69, 9.17) is 19.0 Å². The van der Waals surface area contributed by atoms with Gasteiger partial charge in [-0.2, -0.15) is 8.78 Å². The summed E-state index contributed by atoms with van der Waals surface area (Å²) in [4.78, 5) is 11.6. The molecule has 0 aliphatic carbocycles. The fourth-order valence-electron chi connectivity index (χ4n) is 1.80. The lowest BCUT2D eigenvalue weighted by Crippen LogP contribution is -2.31. The van der Waals surface area contributed by atoms with Gasteiger partial charge in [-0.15, -0.1) is 0 Å². The second-order valence-corrected chi connectivity index (χ2v) is 4.58. The Morgan fingerprint density at radius 1 is 1.43 bits per heavy atom. The molecule has 1 aromatic rings. The van der Waals surface area contributed by atoms with Crippen LogP contribution >= 0.6 is 0 Å². The Morgan fingerprint density at radius 2 is 2.24 bits per heavy atom. The topological polar surface area (TPSA) is 78.1 Å². The van der Waals surface area contributed by atoms with Crippen molar-refractivity contribution in [1.29, 1.82) is 0 Å². The first kappa shape index (κ1) is 15.9. The summed E-state index contributed by atoms with van der Waals surface area (Å²) >= 11 is 0. The third kappa shape index (κ3) is 4.76. The largest absolute Gasteiger partial charge is 0.463 e. The molecule has 1 fully saturated rings. The first-order chi connectivity index (χ1) is 10.00. The van der Waals surface area contributed by atoms with Crippen LogP contribution in [-0.4, -0.2) is 30.7 Å². The van der Waals surface area contributed by atoms with Crippen LogP contribution in [0.1, 0.15) is 25.0 Å². The first-order valence-electron chi connectivity index (χ1n) is 6.53. The Bertz CT molecular complexity index is 510. The molecule has 2 rings (SSSR count). The van der Waals surface area contributed by atoms with E-state index >= 15 is 0 Å². The van der Waals surface area contributed by atoms with Crippen molar-refractivity contribution in [3.63, 3.8) is 0 Å². The molecule has 0 saturated carbocycles. The van der Waals surface area contributed by atoms with Crippen LogP contribution in [0.3, 0.4) is 0 Å². The molecule has 1 atom stereocenters. The maximum Gasteiger partial charge on any atom is 0.421 e. The number of hydrogen-bond donors (Lipinski definition) is 1. The number of halogens is 2. The Balaban J connectivity index is 1.93. The molecular weight excluding hydrogens is 290 g/mol.